The number of ether oxygens (including phenoxy) is 1. The maximum absolute atomic E-state index is 11.3. The summed E-state index contributed by atoms with van der Waals surface area (Å²) < 4.78 is 5.25. The molecule has 2 aromatic rings. The Bertz CT molecular complexity index is 618. The van der Waals surface area contributed by atoms with Gasteiger partial charge in [-0.2, -0.15) is 0 Å². The zero-order chi connectivity index (χ0) is 11.5. The summed E-state index contributed by atoms with van der Waals surface area (Å²) >= 11 is 5.75. The van der Waals surface area contributed by atoms with Crippen LogP contribution in [0.2, 0.25) is 5.02 Å². The molecule has 0 aliphatic carbocycles. The fraction of sp³-hybridized carbons (Fsp3) is 0. The summed E-state index contributed by atoms with van der Waals surface area (Å²) in [5, 5.41) is 0.498. The molecule has 0 aliphatic rings. The van der Waals surface area contributed by atoms with Crippen molar-refractivity contribution >= 4 is 11.6 Å². The molecule has 2 N–H and O–H groups in total. The lowest BCUT2D eigenvalue weighted by molar-refractivity contribution is 0.471. The van der Waals surface area contributed by atoms with Crippen molar-refractivity contribution in [1.29, 1.82) is 0 Å². The van der Waals surface area contributed by atoms with Crippen molar-refractivity contribution < 1.29 is 4.74 Å². The topological polar surface area (TPSA) is 75.0 Å². The first-order chi connectivity index (χ1) is 7.65. The maximum Gasteiger partial charge on any atom is 0.325 e. The number of H-pyrrole nitrogens is 2. The van der Waals surface area contributed by atoms with E-state index in [-0.39, 0.29) is 5.75 Å². The van der Waals surface area contributed by atoms with E-state index in [1.807, 2.05) is 4.98 Å². The molecule has 6 heteroatoms. The minimum absolute atomic E-state index is 0.00173. The summed E-state index contributed by atoms with van der Waals surface area (Å²) in [5.74, 6) is 0.423. The smallest absolute Gasteiger partial charge is 0.325 e. The molecule has 0 spiro atoms. The van der Waals surface area contributed by atoms with E-state index in [1.54, 1.807) is 24.3 Å². The second-order valence-corrected chi connectivity index (χ2v) is 3.43. The lowest BCUT2D eigenvalue weighted by Gasteiger charge is -2.03. The SMILES string of the molecule is O=c1[nH]cc(Oc2cccc(Cl)c2)c(=O)[nH]1. The molecule has 1 aromatic carbocycles. The molecule has 0 fully saturated rings. The van der Waals surface area contributed by atoms with Gasteiger partial charge in [0.25, 0.3) is 5.56 Å². The van der Waals surface area contributed by atoms with Gasteiger partial charge in [-0.05, 0) is 18.2 Å². The number of halogens is 1. The van der Waals surface area contributed by atoms with Crippen LogP contribution in [0.4, 0.5) is 0 Å². The van der Waals surface area contributed by atoms with E-state index in [1.165, 1.54) is 6.20 Å². The zero-order valence-corrected chi connectivity index (χ0v) is 8.75. The van der Waals surface area contributed by atoms with Crippen LogP contribution in [0.15, 0.2) is 40.1 Å². The Labute approximate surface area is 94.7 Å². The van der Waals surface area contributed by atoms with Gasteiger partial charge in [0.1, 0.15) is 5.75 Å². The fourth-order valence-corrected chi connectivity index (χ4v) is 1.31. The highest BCUT2D eigenvalue weighted by Gasteiger charge is 2.03. The molecule has 0 bridgehead atoms. The molecule has 0 radical (unpaired) electrons. The Balaban J connectivity index is 2.34. The molecule has 0 saturated carbocycles. The normalized spacial score (nSPS) is 10.1. The third-order valence-corrected chi connectivity index (χ3v) is 2.04. The van der Waals surface area contributed by atoms with Gasteiger partial charge in [0.2, 0.25) is 5.75 Å². The number of rotatable bonds is 2. The number of hydrogen-bond acceptors (Lipinski definition) is 3. The predicted molar refractivity (Wildman–Crippen MR) is 59.2 cm³/mol. The molecule has 16 heavy (non-hydrogen) atoms. The van der Waals surface area contributed by atoms with Crippen molar-refractivity contribution in [2.75, 3.05) is 0 Å². The van der Waals surface area contributed by atoms with Crippen molar-refractivity contribution in [3.05, 3.63) is 56.3 Å². The minimum Gasteiger partial charge on any atom is -0.450 e. The van der Waals surface area contributed by atoms with E-state index < -0.39 is 11.2 Å². The van der Waals surface area contributed by atoms with Gasteiger partial charge >= 0.3 is 5.69 Å². The number of nitrogens with one attached hydrogen (secondary N) is 2. The van der Waals surface area contributed by atoms with E-state index in [2.05, 4.69) is 4.98 Å². The first kappa shape index (κ1) is 10.5. The van der Waals surface area contributed by atoms with E-state index in [4.69, 9.17) is 16.3 Å². The first-order valence-electron chi connectivity index (χ1n) is 4.40. The maximum atomic E-state index is 11.3. The average Bonchev–Trinajstić information content (AvgIpc) is 2.22. The van der Waals surface area contributed by atoms with Crippen molar-refractivity contribution in [3.63, 3.8) is 0 Å². The molecular weight excluding hydrogens is 232 g/mol. The molecular formula is C10H7ClN2O3. The van der Waals surface area contributed by atoms with Crippen LogP contribution in [0.1, 0.15) is 0 Å². The lowest BCUT2D eigenvalue weighted by atomic mass is 10.3. The molecule has 82 valence electrons. The van der Waals surface area contributed by atoms with Gasteiger partial charge in [0.15, 0.2) is 0 Å². The van der Waals surface area contributed by atoms with Gasteiger partial charge in [0.05, 0.1) is 6.20 Å². The van der Waals surface area contributed by atoms with Gasteiger partial charge in [-0.3, -0.25) is 9.78 Å². The average molecular weight is 239 g/mol. The van der Waals surface area contributed by atoms with Crippen LogP contribution in [0.3, 0.4) is 0 Å². The minimum atomic E-state index is -0.594. The third-order valence-electron chi connectivity index (χ3n) is 1.81. The van der Waals surface area contributed by atoms with E-state index in [0.29, 0.717) is 10.8 Å². The zero-order valence-electron chi connectivity index (χ0n) is 7.99. The van der Waals surface area contributed by atoms with Crippen LogP contribution in [0.5, 0.6) is 11.5 Å². The Morgan fingerprint density at radius 1 is 1.25 bits per heavy atom. The van der Waals surface area contributed by atoms with Crippen molar-refractivity contribution in [1.82, 2.24) is 9.97 Å². The van der Waals surface area contributed by atoms with Gasteiger partial charge in [0, 0.05) is 5.02 Å². The molecule has 0 amide bonds. The van der Waals surface area contributed by atoms with E-state index >= 15 is 0 Å². The lowest BCUT2D eigenvalue weighted by Crippen LogP contribution is -2.21. The summed E-state index contributed by atoms with van der Waals surface area (Å²) in [6.07, 6.45) is 1.20. The highest BCUT2D eigenvalue weighted by molar-refractivity contribution is 6.30. The number of hydrogen-bond donors (Lipinski definition) is 2. The number of benzene rings is 1. The molecule has 0 unspecified atom stereocenters. The summed E-state index contributed by atoms with van der Waals surface area (Å²) in [6.45, 7) is 0. The molecule has 0 aliphatic heterocycles. The van der Waals surface area contributed by atoms with Crippen LogP contribution in [-0.4, -0.2) is 9.97 Å². The molecule has 1 heterocycles. The standard InChI is InChI=1S/C10H7ClN2O3/c11-6-2-1-3-7(4-6)16-8-5-12-10(15)13-9(8)14/h1-5H,(H2,12,13,14,15). The predicted octanol–water partition coefficient (Wildman–Crippen LogP) is 1.51. The summed E-state index contributed by atoms with van der Waals surface area (Å²) in [7, 11) is 0. The van der Waals surface area contributed by atoms with Crippen LogP contribution in [0, 0.1) is 0 Å². The van der Waals surface area contributed by atoms with E-state index in [0.717, 1.165) is 0 Å². The fourth-order valence-electron chi connectivity index (χ4n) is 1.13. The Hall–Kier alpha value is -2.01. The second-order valence-electron chi connectivity index (χ2n) is 3.00. The molecule has 1 aromatic heterocycles. The van der Waals surface area contributed by atoms with Gasteiger partial charge in [-0.1, -0.05) is 17.7 Å². The highest BCUT2D eigenvalue weighted by atomic mass is 35.5. The van der Waals surface area contributed by atoms with E-state index in [9.17, 15) is 9.59 Å². The number of aromatic amines is 2. The van der Waals surface area contributed by atoms with Crippen LogP contribution < -0.4 is 16.0 Å². The summed E-state index contributed by atoms with van der Waals surface area (Å²) in [6, 6.07) is 6.59. The summed E-state index contributed by atoms with van der Waals surface area (Å²) in [4.78, 5) is 26.4. The third kappa shape index (κ3) is 2.32. The molecule has 0 saturated heterocycles. The molecule has 2 rings (SSSR count). The van der Waals surface area contributed by atoms with Gasteiger partial charge in [-0.25, -0.2) is 4.79 Å². The highest BCUT2D eigenvalue weighted by Crippen LogP contribution is 2.20. The summed E-state index contributed by atoms with van der Waals surface area (Å²) in [5.41, 5.74) is -1.17. The Morgan fingerprint density at radius 3 is 2.75 bits per heavy atom. The van der Waals surface area contributed by atoms with Crippen molar-refractivity contribution in [2.45, 2.75) is 0 Å². The number of aromatic nitrogens is 2. The Kier molecular flexibility index (Phi) is 2.78. The van der Waals surface area contributed by atoms with Gasteiger partial charge in [-0.15, -0.1) is 0 Å². The molecule has 5 nitrogen and oxygen atoms in total. The largest absolute Gasteiger partial charge is 0.450 e. The Morgan fingerprint density at radius 2 is 2.06 bits per heavy atom. The second kappa shape index (κ2) is 4.24. The van der Waals surface area contributed by atoms with Crippen molar-refractivity contribution in [2.24, 2.45) is 0 Å². The quantitative estimate of drug-likeness (QED) is 0.833. The monoisotopic (exact) mass is 238 g/mol. The first-order valence-corrected chi connectivity index (χ1v) is 4.78. The van der Waals surface area contributed by atoms with Gasteiger partial charge < -0.3 is 9.72 Å². The van der Waals surface area contributed by atoms with Crippen LogP contribution in [0.25, 0.3) is 0 Å². The molecule has 0 atom stereocenters. The van der Waals surface area contributed by atoms with Crippen molar-refractivity contribution in [3.8, 4) is 11.5 Å². The van der Waals surface area contributed by atoms with Crippen LogP contribution >= 0.6 is 11.6 Å². The van der Waals surface area contributed by atoms with Crippen LogP contribution in [-0.2, 0) is 0 Å².